The number of nitrogens with zero attached hydrogens (tertiary/aromatic N) is 2. The molecule has 5 heteroatoms. The fourth-order valence-electron chi connectivity index (χ4n) is 1.80. The van der Waals surface area contributed by atoms with Crippen LogP contribution in [0, 0.1) is 13.8 Å². The Bertz CT molecular complexity index is 672. The van der Waals surface area contributed by atoms with E-state index in [1.165, 1.54) is 6.07 Å². The quantitative estimate of drug-likeness (QED) is 0.905. The lowest BCUT2D eigenvalue weighted by molar-refractivity contribution is -0.136. The second-order valence-corrected chi connectivity index (χ2v) is 4.41. The Labute approximate surface area is 110 Å². The van der Waals surface area contributed by atoms with Crippen molar-refractivity contribution < 1.29 is 9.90 Å². The third-order valence-corrected chi connectivity index (χ3v) is 2.78. The molecule has 0 unspecified atom stereocenters. The molecular weight excluding hydrogens is 244 g/mol. The lowest BCUT2D eigenvalue weighted by Crippen LogP contribution is -2.21. The minimum Gasteiger partial charge on any atom is -0.481 e. The van der Waals surface area contributed by atoms with Gasteiger partial charge in [0.05, 0.1) is 12.1 Å². The van der Waals surface area contributed by atoms with Crippen LogP contribution in [-0.4, -0.2) is 20.9 Å². The summed E-state index contributed by atoms with van der Waals surface area (Å²) in [6.07, 6.45) is -0.370. The van der Waals surface area contributed by atoms with Gasteiger partial charge in [0.15, 0.2) is 0 Å². The first-order chi connectivity index (χ1) is 8.97. The van der Waals surface area contributed by atoms with Crippen LogP contribution in [0.4, 0.5) is 0 Å². The molecule has 5 nitrogen and oxygen atoms in total. The zero-order valence-corrected chi connectivity index (χ0v) is 10.8. The molecule has 0 atom stereocenters. The predicted molar refractivity (Wildman–Crippen MR) is 70.6 cm³/mol. The molecule has 1 aromatic carbocycles. The molecule has 0 aliphatic rings. The van der Waals surface area contributed by atoms with Crippen LogP contribution in [0.1, 0.15) is 17.0 Å². The van der Waals surface area contributed by atoms with Crippen molar-refractivity contribution in [3.8, 4) is 5.69 Å². The first-order valence-electron chi connectivity index (χ1n) is 5.86. The van der Waals surface area contributed by atoms with Gasteiger partial charge in [-0.3, -0.25) is 9.59 Å². The molecule has 0 saturated carbocycles. The maximum absolute atomic E-state index is 11.7. The number of aliphatic carboxylic acids is 1. The van der Waals surface area contributed by atoms with Gasteiger partial charge in [-0.15, -0.1) is 0 Å². The van der Waals surface area contributed by atoms with Crippen LogP contribution in [0.15, 0.2) is 35.1 Å². The number of hydrogen-bond acceptors (Lipinski definition) is 3. The number of aryl methyl sites for hydroxylation is 2. The molecule has 0 saturated heterocycles. The molecule has 0 bridgehead atoms. The minimum absolute atomic E-state index is 0.0404. The van der Waals surface area contributed by atoms with E-state index in [1.807, 2.05) is 31.2 Å². The van der Waals surface area contributed by atoms with Gasteiger partial charge in [-0.2, -0.15) is 5.10 Å². The Kier molecular flexibility index (Phi) is 3.46. The lowest BCUT2D eigenvalue weighted by Gasteiger charge is -2.10. The SMILES string of the molecule is Cc1ccc(-n2nc(CC(=O)O)c(=O)cc2C)cc1. The third-order valence-electron chi connectivity index (χ3n) is 2.78. The lowest BCUT2D eigenvalue weighted by atomic mass is 10.2. The Morgan fingerprint density at radius 2 is 1.89 bits per heavy atom. The number of carbonyl (C=O) groups is 1. The van der Waals surface area contributed by atoms with Crippen LogP contribution in [0.5, 0.6) is 0 Å². The van der Waals surface area contributed by atoms with Gasteiger partial charge in [0.25, 0.3) is 0 Å². The summed E-state index contributed by atoms with van der Waals surface area (Å²) >= 11 is 0. The van der Waals surface area contributed by atoms with Gasteiger partial charge in [0.1, 0.15) is 5.69 Å². The minimum atomic E-state index is -1.07. The monoisotopic (exact) mass is 258 g/mol. The molecule has 0 radical (unpaired) electrons. The number of carboxylic acids is 1. The van der Waals surface area contributed by atoms with Crippen LogP contribution in [0.2, 0.25) is 0 Å². The highest BCUT2D eigenvalue weighted by Crippen LogP contribution is 2.10. The van der Waals surface area contributed by atoms with E-state index in [4.69, 9.17) is 5.11 Å². The largest absolute Gasteiger partial charge is 0.481 e. The fourth-order valence-corrected chi connectivity index (χ4v) is 1.80. The van der Waals surface area contributed by atoms with Crippen molar-refractivity contribution in [1.29, 1.82) is 0 Å². The topological polar surface area (TPSA) is 72.2 Å². The Morgan fingerprint density at radius 3 is 2.47 bits per heavy atom. The van der Waals surface area contributed by atoms with Gasteiger partial charge in [-0.1, -0.05) is 17.7 Å². The van der Waals surface area contributed by atoms with E-state index in [2.05, 4.69) is 5.10 Å². The molecule has 98 valence electrons. The zero-order chi connectivity index (χ0) is 14.0. The predicted octanol–water partition coefficient (Wildman–Crippen LogP) is 1.48. The summed E-state index contributed by atoms with van der Waals surface area (Å²) in [5, 5.41) is 12.9. The van der Waals surface area contributed by atoms with E-state index in [0.29, 0.717) is 5.69 Å². The van der Waals surface area contributed by atoms with Crippen LogP contribution in [-0.2, 0) is 11.2 Å². The Balaban J connectivity index is 2.54. The molecule has 0 fully saturated rings. The Hall–Kier alpha value is -2.43. The van der Waals surface area contributed by atoms with Crippen LogP contribution < -0.4 is 5.43 Å². The van der Waals surface area contributed by atoms with E-state index in [0.717, 1.165) is 11.3 Å². The average molecular weight is 258 g/mol. The molecule has 2 aromatic rings. The van der Waals surface area contributed by atoms with Gasteiger partial charge in [-0.25, -0.2) is 4.68 Å². The first kappa shape index (κ1) is 13.0. The maximum Gasteiger partial charge on any atom is 0.309 e. The van der Waals surface area contributed by atoms with Gasteiger partial charge < -0.3 is 5.11 Å². The van der Waals surface area contributed by atoms with Crippen molar-refractivity contribution in [2.45, 2.75) is 20.3 Å². The van der Waals surface area contributed by atoms with Gasteiger partial charge in [0, 0.05) is 11.8 Å². The summed E-state index contributed by atoms with van der Waals surface area (Å²) in [7, 11) is 0. The number of aromatic nitrogens is 2. The van der Waals surface area contributed by atoms with Crippen LogP contribution in [0.3, 0.4) is 0 Å². The molecule has 0 spiro atoms. The molecule has 0 amide bonds. The summed E-state index contributed by atoms with van der Waals surface area (Å²) in [6.45, 7) is 3.74. The fraction of sp³-hybridized carbons (Fsp3) is 0.214. The van der Waals surface area contributed by atoms with Crippen molar-refractivity contribution in [2.24, 2.45) is 0 Å². The highest BCUT2D eigenvalue weighted by Gasteiger charge is 2.10. The summed E-state index contributed by atoms with van der Waals surface area (Å²) in [6, 6.07) is 9.04. The molecule has 0 aliphatic heterocycles. The van der Waals surface area contributed by atoms with Crippen molar-refractivity contribution in [3.63, 3.8) is 0 Å². The van der Waals surface area contributed by atoms with E-state index in [9.17, 15) is 9.59 Å². The molecule has 1 heterocycles. The maximum atomic E-state index is 11.7. The molecular formula is C14H14N2O3. The number of hydrogen-bond donors (Lipinski definition) is 1. The number of rotatable bonds is 3. The molecule has 19 heavy (non-hydrogen) atoms. The number of carboxylic acid groups (broad SMARTS) is 1. The van der Waals surface area contributed by atoms with E-state index < -0.39 is 5.97 Å². The van der Waals surface area contributed by atoms with Crippen molar-refractivity contribution in [1.82, 2.24) is 9.78 Å². The molecule has 1 N–H and O–H groups in total. The smallest absolute Gasteiger partial charge is 0.309 e. The zero-order valence-electron chi connectivity index (χ0n) is 10.8. The molecule has 2 rings (SSSR count). The summed E-state index contributed by atoms with van der Waals surface area (Å²) < 4.78 is 1.58. The van der Waals surface area contributed by atoms with E-state index >= 15 is 0 Å². The molecule has 0 aliphatic carbocycles. The van der Waals surface area contributed by atoms with Crippen molar-refractivity contribution >= 4 is 5.97 Å². The molecule has 1 aromatic heterocycles. The standard InChI is InChI=1S/C14H14N2O3/c1-9-3-5-11(6-4-9)16-10(2)7-13(17)12(15-16)8-14(18)19/h3-7H,8H2,1-2H3,(H,18,19). The van der Waals surface area contributed by atoms with Gasteiger partial charge >= 0.3 is 5.97 Å². The van der Waals surface area contributed by atoms with Crippen LogP contribution >= 0.6 is 0 Å². The second kappa shape index (κ2) is 5.06. The first-order valence-corrected chi connectivity index (χ1v) is 5.86. The highest BCUT2D eigenvalue weighted by atomic mass is 16.4. The highest BCUT2D eigenvalue weighted by molar-refractivity contribution is 5.69. The van der Waals surface area contributed by atoms with Gasteiger partial charge in [-0.05, 0) is 26.0 Å². The Morgan fingerprint density at radius 1 is 1.26 bits per heavy atom. The summed E-state index contributed by atoms with van der Waals surface area (Å²) in [5.41, 5.74) is 2.29. The third kappa shape index (κ3) is 2.88. The van der Waals surface area contributed by atoms with E-state index in [1.54, 1.807) is 11.6 Å². The van der Waals surface area contributed by atoms with Crippen molar-refractivity contribution in [3.05, 3.63) is 57.5 Å². The van der Waals surface area contributed by atoms with Crippen molar-refractivity contribution in [2.75, 3.05) is 0 Å². The summed E-state index contributed by atoms with van der Waals surface area (Å²) in [5.74, 6) is -1.07. The average Bonchev–Trinajstić information content (AvgIpc) is 2.33. The second-order valence-electron chi connectivity index (χ2n) is 4.41. The number of benzene rings is 1. The van der Waals surface area contributed by atoms with E-state index in [-0.39, 0.29) is 17.5 Å². The summed E-state index contributed by atoms with van der Waals surface area (Å²) in [4.78, 5) is 22.4. The normalized spacial score (nSPS) is 10.4. The van der Waals surface area contributed by atoms with Gasteiger partial charge in [0.2, 0.25) is 5.43 Å². The van der Waals surface area contributed by atoms with Crippen LogP contribution in [0.25, 0.3) is 5.69 Å².